The van der Waals surface area contributed by atoms with Crippen molar-refractivity contribution in [3.63, 3.8) is 0 Å². The van der Waals surface area contributed by atoms with E-state index in [9.17, 15) is 22.4 Å². The molecule has 7 heteroatoms. The minimum Gasteiger partial charge on any atom is -0.307 e. The van der Waals surface area contributed by atoms with Crippen LogP contribution in [0.3, 0.4) is 0 Å². The molecule has 1 saturated carbocycles. The fourth-order valence-electron chi connectivity index (χ4n) is 2.64. The molecular weight excluding hydrogens is 312 g/mol. The first-order valence-electron chi connectivity index (χ1n) is 7.12. The number of fused-ring (bicyclic) bond motifs is 1. The number of carbonyl (C=O) groups excluding carboxylic acids is 1. The highest BCUT2D eigenvalue weighted by Gasteiger charge is 2.63. The molecule has 1 atom stereocenters. The summed E-state index contributed by atoms with van der Waals surface area (Å²) < 4.78 is 56.6. The number of rotatable bonds is 0. The predicted molar refractivity (Wildman–Crippen MR) is 76.2 cm³/mol. The standard InChI is InChI=1S/C16H14F4N2O/c1-9-3-6-11-12(13(9)17)15(16(18,19)20,8-7-10-4-5-10)22(2)14(23)21-11/h3,6,10H,4-5H2,1-2H3,(H,21,23). The number of carbonyl (C=O) groups is 1. The second-order valence-corrected chi connectivity index (χ2v) is 5.86. The maximum Gasteiger partial charge on any atom is 0.427 e. The summed E-state index contributed by atoms with van der Waals surface area (Å²) in [5.74, 6) is 3.62. The molecular formula is C16H14F4N2O. The van der Waals surface area contributed by atoms with Crippen molar-refractivity contribution in [2.75, 3.05) is 12.4 Å². The summed E-state index contributed by atoms with van der Waals surface area (Å²) in [6, 6.07) is 1.64. The second-order valence-electron chi connectivity index (χ2n) is 5.86. The van der Waals surface area contributed by atoms with E-state index in [-0.39, 0.29) is 17.2 Å². The molecule has 1 N–H and O–H groups in total. The van der Waals surface area contributed by atoms with Gasteiger partial charge in [0.05, 0.1) is 11.3 Å². The van der Waals surface area contributed by atoms with Crippen LogP contribution in [0.15, 0.2) is 12.1 Å². The van der Waals surface area contributed by atoms with Crippen LogP contribution < -0.4 is 5.32 Å². The highest BCUT2D eigenvalue weighted by molar-refractivity contribution is 5.94. The first kappa shape index (κ1) is 15.7. The van der Waals surface area contributed by atoms with Crippen molar-refractivity contribution >= 4 is 11.7 Å². The molecule has 3 nitrogen and oxygen atoms in total. The van der Waals surface area contributed by atoms with Crippen molar-refractivity contribution in [3.05, 3.63) is 29.1 Å². The Kier molecular flexibility index (Phi) is 3.32. The summed E-state index contributed by atoms with van der Waals surface area (Å²) in [4.78, 5) is 12.4. The zero-order chi connectivity index (χ0) is 17.0. The number of urea groups is 1. The van der Waals surface area contributed by atoms with Crippen molar-refractivity contribution in [2.45, 2.75) is 31.5 Å². The summed E-state index contributed by atoms with van der Waals surface area (Å²) in [5.41, 5.74) is -3.75. The van der Waals surface area contributed by atoms with Crippen LogP contribution in [0, 0.1) is 30.5 Å². The van der Waals surface area contributed by atoms with Crippen LogP contribution in [0.1, 0.15) is 24.0 Å². The Labute approximate surface area is 130 Å². The van der Waals surface area contributed by atoms with Gasteiger partial charge in [0.1, 0.15) is 5.82 Å². The van der Waals surface area contributed by atoms with Gasteiger partial charge in [0.15, 0.2) is 0 Å². The van der Waals surface area contributed by atoms with Crippen molar-refractivity contribution in [1.29, 1.82) is 0 Å². The van der Waals surface area contributed by atoms with Gasteiger partial charge in [0, 0.05) is 13.0 Å². The first-order chi connectivity index (χ1) is 10.7. The second kappa shape index (κ2) is 4.88. The lowest BCUT2D eigenvalue weighted by Crippen LogP contribution is -2.60. The van der Waals surface area contributed by atoms with Gasteiger partial charge in [-0.05, 0) is 31.4 Å². The summed E-state index contributed by atoms with van der Waals surface area (Å²) in [5, 5.41) is 2.29. The van der Waals surface area contributed by atoms with E-state index in [1.165, 1.54) is 19.1 Å². The maximum atomic E-state index is 14.6. The lowest BCUT2D eigenvalue weighted by molar-refractivity contribution is -0.204. The Hall–Kier alpha value is -2.23. The van der Waals surface area contributed by atoms with E-state index in [0.29, 0.717) is 4.90 Å². The molecule has 0 bridgehead atoms. The van der Waals surface area contributed by atoms with Gasteiger partial charge >= 0.3 is 12.2 Å². The average Bonchev–Trinajstić information content (AvgIpc) is 3.27. The Morgan fingerprint density at radius 1 is 1.35 bits per heavy atom. The Morgan fingerprint density at radius 3 is 2.57 bits per heavy atom. The predicted octanol–water partition coefficient (Wildman–Crippen LogP) is 3.78. The smallest absolute Gasteiger partial charge is 0.307 e. The SMILES string of the molecule is Cc1ccc2c(c1F)C(C#CC1CC1)(C(F)(F)F)N(C)C(=O)N2. The van der Waals surface area contributed by atoms with Gasteiger partial charge in [-0.3, -0.25) is 4.90 Å². The fraction of sp³-hybridized carbons (Fsp3) is 0.438. The highest BCUT2D eigenvalue weighted by Crippen LogP contribution is 2.49. The van der Waals surface area contributed by atoms with Gasteiger partial charge < -0.3 is 5.32 Å². The molecule has 3 rings (SSSR count). The third-order valence-corrected chi connectivity index (χ3v) is 4.19. The molecule has 1 aromatic carbocycles. The number of alkyl halides is 3. The quantitative estimate of drug-likeness (QED) is 0.571. The number of amides is 2. The fourth-order valence-corrected chi connectivity index (χ4v) is 2.64. The van der Waals surface area contributed by atoms with E-state index in [2.05, 4.69) is 17.2 Å². The molecule has 0 radical (unpaired) electrons. The molecule has 1 unspecified atom stereocenters. The topological polar surface area (TPSA) is 32.3 Å². The Balaban J connectivity index is 2.35. The molecule has 122 valence electrons. The number of hydrogen-bond acceptors (Lipinski definition) is 1. The molecule has 1 fully saturated rings. The van der Waals surface area contributed by atoms with Gasteiger partial charge in [0.25, 0.3) is 0 Å². The third kappa shape index (κ3) is 2.24. The van der Waals surface area contributed by atoms with E-state index in [0.717, 1.165) is 19.9 Å². The van der Waals surface area contributed by atoms with Crippen LogP contribution in [0.4, 0.5) is 28.0 Å². The van der Waals surface area contributed by atoms with Gasteiger partial charge in [-0.1, -0.05) is 17.9 Å². The first-order valence-corrected chi connectivity index (χ1v) is 7.12. The molecule has 0 aromatic heterocycles. The van der Waals surface area contributed by atoms with Gasteiger partial charge in [0.2, 0.25) is 5.54 Å². The van der Waals surface area contributed by atoms with E-state index in [4.69, 9.17) is 0 Å². The van der Waals surface area contributed by atoms with Crippen LogP contribution >= 0.6 is 0 Å². The van der Waals surface area contributed by atoms with E-state index < -0.39 is 29.1 Å². The van der Waals surface area contributed by atoms with Gasteiger partial charge in [-0.25, -0.2) is 9.18 Å². The lowest BCUT2D eigenvalue weighted by Gasteiger charge is -2.43. The number of anilines is 1. The number of nitrogens with zero attached hydrogens (tertiary/aromatic N) is 1. The number of aryl methyl sites for hydroxylation is 1. The summed E-state index contributed by atoms with van der Waals surface area (Å²) in [7, 11) is 0.981. The van der Waals surface area contributed by atoms with Crippen LogP contribution in [-0.4, -0.2) is 24.2 Å². The minimum absolute atomic E-state index is 0.0649. The molecule has 2 amide bonds. The summed E-state index contributed by atoms with van der Waals surface area (Å²) in [6.07, 6.45) is -3.50. The van der Waals surface area contributed by atoms with Crippen molar-refractivity contribution in [2.24, 2.45) is 5.92 Å². The van der Waals surface area contributed by atoms with Crippen molar-refractivity contribution in [1.82, 2.24) is 4.90 Å². The molecule has 0 spiro atoms. The van der Waals surface area contributed by atoms with E-state index >= 15 is 0 Å². The molecule has 1 aromatic rings. The number of benzene rings is 1. The van der Waals surface area contributed by atoms with Gasteiger partial charge in [-0.2, -0.15) is 13.2 Å². The van der Waals surface area contributed by atoms with Crippen LogP contribution in [0.5, 0.6) is 0 Å². The van der Waals surface area contributed by atoms with Crippen LogP contribution in [-0.2, 0) is 5.54 Å². The summed E-state index contributed by atoms with van der Waals surface area (Å²) >= 11 is 0. The molecule has 1 aliphatic carbocycles. The lowest BCUT2D eigenvalue weighted by atomic mass is 9.83. The normalized spacial score (nSPS) is 23.7. The zero-order valence-electron chi connectivity index (χ0n) is 12.5. The van der Waals surface area contributed by atoms with E-state index in [1.807, 2.05) is 0 Å². The van der Waals surface area contributed by atoms with E-state index in [1.54, 1.807) is 0 Å². The van der Waals surface area contributed by atoms with Crippen LogP contribution in [0.25, 0.3) is 0 Å². The highest BCUT2D eigenvalue weighted by atomic mass is 19.4. The molecule has 2 aliphatic rings. The number of hydrogen-bond donors (Lipinski definition) is 1. The monoisotopic (exact) mass is 326 g/mol. The third-order valence-electron chi connectivity index (χ3n) is 4.19. The Morgan fingerprint density at radius 2 is 2.00 bits per heavy atom. The largest absolute Gasteiger partial charge is 0.427 e. The number of nitrogens with one attached hydrogen (secondary N) is 1. The molecule has 23 heavy (non-hydrogen) atoms. The van der Waals surface area contributed by atoms with Crippen LogP contribution in [0.2, 0.25) is 0 Å². The Bertz CT molecular complexity index is 743. The zero-order valence-corrected chi connectivity index (χ0v) is 12.5. The maximum absolute atomic E-state index is 14.6. The van der Waals surface area contributed by atoms with Gasteiger partial charge in [-0.15, -0.1) is 0 Å². The van der Waals surface area contributed by atoms with Crippen molar-refractivity contribution in [3.8, 4) is 11.8 Å². The molecule has 0 saturated heterocycles. The van der Waals surface area contributed by atoms with Crippen molar-refractivity contribution < 1.29 is 22.4 Å². The molecule has 1 heterocycles. The number of halogens is 4. The summed E-state index contributed by atoms with van der Waals surface area (Å²) in [6.45, 7) is 1.38. The minimum atomic E-state index is -4.94. The molecule has 1 aliphatic heterocycles. The average molecular weight is 326 g/mol.